The van der Waals surface area contributed by atoms with Crippen molar-refractivity contribution >= 4 is 11.6 Å². The van der Waals surface area contributed by atoms with E-state index in [-0.39, 0.29) is 0 Å². The van der Waals surface area contributed by atoms with Crippen LogP contribution < -0.4 is 0 Å². The number of nitrogens with zero attached hydrogens (tertiary/aromatic N) is 3. The van der Waals surface area contributed by atoms with Crippen LogP contribution in [0, 0.1) is 0 Å². The maximum atomic E-state index is 6.05. The monoisotopic (exact) mass is 295 g/mol. The molecular formula is C17H14ClN3. The highest BCUT2D eigenvalue weighted by atomic mass is 35.5. The van der Waals surface area contributed by atoms with Crippen molar-refractivity contribution in [3.63, 3.8) is 0 Å². The molecule has 0 atom stereocenters. The molecule has 4 heteroatoms. The molecule has 0 spiro atoms. The summed E-state index contributed by atoms with van der Waals surface area (Å²) >= 11 is 6.05. The van der Waals surface area contributed by atoms with Crippen molar-refractivity contribution in [1.29, 1.82) is 0 Å². The number of halogens is 1. The molecule has 2 aromatic carbocycles. The number of benzene rings is 2. The van der Waals surface area contributed by atoms with Gasteiger partial charge in [0, 0.05) is 22.6 Å². The molecule has 1 heterocycles. The SMILES string of the molecule is CCc1nc(-c2ccccc2)nc(-c2cccc(Cl)c2)n1. The molecule has 1 aromatic heterocycles. The van der Waals surface area contributed by atoms with Gasteiger partial charge in [0.15, 0.2) is 11.6 Å². The topological polar surface area (TPSA) is 38.7 Å². The van der Waals surface area contributed by atoms with Crippen LogP contribution >= 0.6 is 11.6 Å². The van der Waals surface area contributed by atoms with E-state index in [1.165, 1.54) is 0 Å². The lowest BCUT2D eigenvalue weighted by Gasteiger charge is -2.07. The van der Waals surface area contributed by atoms with Gasteiger partial charge in [0.1, 0.15) is 5.82 Å². The molecule has 21 heavy (non-hydrogen) atoms. The molecule has 0 N–H and O–H groups in total. The van der Waals surface area contributed by atoms with Crippen LogP contribution in [0.25, 0.3) is 22.8 Å². The van der Waals surface area contributed by atoms with Gasteiger partial charge < -0.3 is 0 Å². The number of rotatable bonds is 3. The molecule has 0 aliphatic heterocycles. The second-order valence-corrected chi connectivity index (χ2v) is 5.07. The Morgan fingerprint density at radius 3 is 2.14 bits per heavy atom. The van der Waals surface area contributed by atoms with Crippen molar-refractivity contribution in [3.8, 4) is 22.8 Å². The third-order valence-corrected chi connectivity index (χ3v) is 3.35. The molecule has 0 amide bonds. The Hall–Kier alpha value is -2.26. The maximum absolute atomic E-state index is 6.05. The molecule has 0 bridgehead atoms. The van der Waals surface area contributed by atoms with E-state index in [1.807, 2.05) is 61.5 Å². The van der Waals surface area contributed by atoms with Gasteiger partial charge in [-0.15, -0.1) is 0 Å². The molecule has 0 fully saturated rings. The van der Waals surface area contributed by atoms with Crippen LogP contribution in [-0.4, -0.2) is 15.0 Å². The molecule has 0 saturated carbocycles. The quantitative estimate of drug-likeness (QED) is 0.718. The first-order valence-corrected chi connectivity index (χ1v) is 7.20. The van der Waals surface area contributed by atoms with Gasteiger partial charge in [0.05, 0.1) is 0 Å². The number of aromatic nitrogens is 3. The summed E-state index contributed by atoms with van der Waals surface area (Å²) in [6.07, 6.45) is 0.760. The summed E-state index contributed by atoms with van der Waals surface area (Å²) in [6, 6.07) is 17.5. The Morgan fingerprint density at radius 1 is 0.810 bits per heavy atom. The standard InChI is InChI=1S/C17H14ClN3/c1-2-15-19-16(12-7-4-3-5-8-12)21-17(20-15)13-9-6-10-14(18)11-13/h3-11H,2H2,1H3. The van der Waals surface area contributed by atoms with Gasteiger partial charge in [-0.2, -0.15) is 0 Å². The van der Waals surface area contributed by atoms with Crippen molar-refractivity contribution in [1.82, 2.24) is 15.0 Å². The predicted molar refractivity (Wildman–Crippen MR) is 85.1 cm³/mol. The van der Waals surface area contributed by atoms with E-state index >= 15 is 0 Å². The summed E-state index contributed by atoms with van der Waals surface area (Å²) in [4.78, 5) is 13.6. The summed E-state index contributed by atoms with van der Waals surface area (Å²) in [5.74, 6) is 2.12. The summed E-state index contributed by atoms with van der Waals surface area (Å²) < 4.78 is 0. The smallest absolute Gasteiger partial charge is 0.163 e. The van der Waals surface area contributed by atoms with Gasteiger partial charge in [-0.1, -0.05) is 61.0 Å². The zero-order valence-corrected chi connectivity index (χ0v) is 12.4. The van der Waals surface area contributed by atoms with Gasteiger partial charge in [-0.3, -0.25) is 0 Å². The highest BCUT2D eigenvalue weighted by Crippen LogP contribution is 2.22. The molecule has 0 saturated heterocycles. The van der Waals surface area contributed by atoms with Crippen molar-refractivity contribution in [2.24, 2.45) is 0 Å². The average Bonchev–Trinajstić information content (AvgIpc) is 2.55. The summed E-state index contributed by atoms with van der Waals surface area (Å²) in [6.45, 7) is 2.03. The normalized spacial score (nSPS) is 10.6. The highest BCUT2D eigenvalue weighted by molar-refractivity contribution is 6.30. The molecule has 0 aliphatic rings. The van der Waals surface area contributed by atoms with E-state index in [0.717, 1.165) is 23.4 Å². The highest BCUT2D eigenvalue weighted by Gasteiger charge is 2.09. The first-order chi connectivity index (χ1) is 10.3. The number of hydrogen-bond acceptors (Lipinski definition) is 3. The Labute approximate surface area is 128 Å². The lowest BCUT2D eigenvalue weighted by Crippen LogP contribution is -2.01. The number of hydrogen-bond donors (Lipinski definition) is 0. The van der Waals surface area contributed by atoms with Gasteiger partial charge in [0.2, 0.25) is 0 Å². The minimum Gasteiger partial charge on any atom is -0.213 e. The Bertz CT molecular complexity index is 757. The minimum absolute atomic E-state index is 0.656. The molecule has 3 rings (SSSR count). The lowest BCUT2D eigenvalue weighted by molar-refractivity contribution is 0.910. The molecule has 104 valence electrons. The van der Waals surface area contributed by atoms with Crippen LogP contribution in [0.2, 0.25) is 5.02 Å². The van der Waals surface area contributed by atoms with Crippen molar-refractivity contribution < 1.29 is 0 Å². The molecule has 0 radical (unpaired) electrons. The summed E-state index contributed by atoms with van der Waals surface area (Å²) in [5.41, 5.74) is 1.88. The van der Waals surface area contributed by atoms with Crippen LogP contribution in [0.1, 0.15) is 12.7 Å². The first-order valence-electron chi connectivity index (χ1n) is 6.82. The third-order valence-electron chi connectivity index (χ3n) is 3.11. The van der Waals surface area contributed by atoms with Crippen LogP contribution in [0.5, 0.6) is 0 Å². The van der Waals surface area contributed by atoms with Crippen LogP contribution in [0.15, 0.2) is 54.6 Å². The van der Waals surface area contributed by atoms with E-state index in [0.29, 0.717) is 16.7 Å². The second kappa shape index (κ2) is 6.02. The minimum atomic E-state index is 0.656. The van der Waals surface area contributed by atoms with Crippen LogP contribution in [0.3, 0.4) is 0 Å². The van der Waals surface area contributed by atoms with Crippen molar-refractivity contribution in [2.45, 2.75) is 13.3 Å². The number of aryl methyl sites for hydroxylation is 1. The Balaban J connectivity index is 2.14. The molecule has 0 unspecified atom stereocenters. The zero-order valence-electron chi connectivity index (χ0n) is 11.6. The van der Waals surface area contributed by atoms with Crippen molar-refractivity contribution in [2.75, 3.05) is 0 Å². The third kappa shape index (κ3) is 3.09. The van der Waals surface area contributed by atoms with Gasteiger partial charge in [-0.25, -0.2) is 15.0 Å². The van der Waals surface area contributed by atoms with Crippen LogP contribution in [0.4, 0.5) is 0 Å². The van der Waals surface area contributed by atoms with Crippen molar-refractivity contribution in [3.05, 3.63) is 65.4 Å². The zero-order chi connectivity index (χ0) is 14.7. The molecular weight excluding hydrogens is 282 g/mol. The lowest BCUT2D eigenvalue weighted by atomic mass is 10.2. The second-order valence-electron chi connectivity index (χ2n) is 4.63. The van der Waals surface area contributed by atoms with Crippen LogP contribution in [-0.2, 0) is 6.42 Å². The van der Waals surface area contributed by atoms with E-state index in [4.69, 9.17) is 11.6 Å². The van der Waals surface area contributed by atoms with E-state index in [1.54, 1.807) is 0 Å². The van der Waals surface area contributed by atoms with Gasteiger partial charge in [-0.05, 0) is 12.1 Å². The van der Waals surface area contributed by atoms with E-state index < -0.39 is 0 Å². The summed E-state index contributed by atoms with van der Waals surface area (Å²) in [5, 5.41) is 0.673. The maximum Gasteiger partial charge on any atom is 0.163 e. The Kier molecular flexibility index (Phi) is 3.93. The first kappa shape index (κ1) is 13.7. The molecule has 3 aromatic rings. The fourth-order valence-electron chi connectivity index (χ4n) is 2.05. The largest absolute Gasteiger partial charge is 0.213 e. The van der Waals surface area contributed by atoms with E-state index in [9.17, 15) is 0 Å². The summed E-state index contributed by atoms with van der Waals surface area (Å²) in [7, 11) is 0. The van der Waals surface area contributed by atoms with E-state index in [2.05, 4.69) is 15.0 Å². The van der Waals surface area contributed by atoms with Gasteiger partial charge in [0.25, 0.3) is 0 Å². The molecule has 3 nitrogen and oxygen atoms in total. The fraction of sp³-hybridized carbons (Fsp3) is 0.118. The fourth-order valence-corrected chi connectivity index (χ4v) is 2.24. The Morgan fingerprint density at radius 2 is 1.48 bits per heavy atom. The molecule has 0 aliphatic carbocycles. The van der Waals surface area contributed by atoms with Gasteiger partial charge >= 0.3 is 0 Å². The average molecular weight is 296 g/mol. The predicted octanol–water partition coefficient (Wildman–Crippen LogP) is 4.42.